The normalized spacial score (nSPS) is 15.0. The predicted molar refractivity (Wildman–Crippen MR) is 79.2 cm³/mol. The van der Waals surface area contributed by atoms with Crippen molar-refractivity contribution in [2.75, 3.05) is 18.0 Å². The molecule has 0 aromatic carbocycles. The smallest absolute Gasteiger partial charge is 0.262 e. The molecule has 0 spiro atoms. The van der Waals surface area contributed by atoms with Crippen LogP contribution in [-0.4, -0.2) is 38.2 Å². The minimum atomic E-state index is -0.202. The Morgan fingerprint density at radius 1 is 1.14 bits per heavy atom. The number of nitrogens with one attached hydrogen (secondary N) is 2. The molecule has 0 amide bonds. The number of fused-ring (bicyclic) bond motifs is 1. The summed E-state index contributed by atoms with van der Waals surface area (Å²) in [7, 11) is 0. The average Bonchev–Trinajstić information content (AvgIpc) is 3.19. The second-order valence-electron chi connectivity index (χ2n) is 5.15. The molecule has 106 valence electrons. The van der Waals surface area contributed by atoms with Gasteiger partial charge in [0, 0.05) is 24.8 Å². The molecular formula is C14H14N6O. The van der Waals surface area contributed by atoms with E-state index in [1.165, 1.54) is 19.0 Å². The summed E-state index contributed by atoms with van der Waals surface area (Å²) in [5.41, 5.74) is 1.07. The summed E-state index contributed by atoms with van der Waals surface area (Å²) in [6.45, 7) is 2.11. The minimum Gasteiger partial charge on any atom is -0.357 e. The molecule has 1 aliphatic heterocycles. The maximum Gasteiger partial charge on any atom is 0.262 e. The third kappa shape index (κ3) is 2.06. The Balaban J connectivity index is 1.72. The highest BCUT2D eigenvalue weighted by molar-refractivity contribution is 5.74. The summed E-state index contributed by atoms with van der Waals surface area (Å²) >= 11 is 0. The van der Waals surface area contributed by atoms with Crippen molar-refractivity contribution in [2.24, 2.45) is 0 Å². The number of anilines is 1. The number of aromatic nitrogens is 5. The Labute approximate surface area is 120 Å². The quantitative estimate of drug-likeness (QED) is 0.739. The average molecular weight is 282 g/mol. The maximum absolute atomic E-state index is 11.9. The first-order valence-electron chi connectivity index (χ1n) is 6.96. The van der Waals surface area contributed by atoms with Crippen molar-refractivity contribution in [3.8, 4) is 11.4 Å². The van der Waals surface area contributed by atoms with E-state index in [9.17, 15) is 4.79 Å². The largest absolute Gasteiger partial charge is 0.357 e. The van der Waals surface area contributed by atoms with E-state index in [2.05, 4.69) is 30.0 Å². The van der Waals surface area contributed by atoms with Gasteiger partial charge in [0.25, 0.3) is 5.56 Å². The molecule has 0 unspecified atom stereocenters. The van der Waals surface area contributed by atoms with Crippen LogP contribution >= 0.6 is 0 Å². The Morgan fingerprint density at radius 2 is 2.00 bits per heavy atom. The lowest BCUT2D eigenvalue weighted by Gasteiger charge is -2.16. The van der Waals surface area contributed by atoms with E-state index in [4.69, 9.17) is 0 Å². The van der Waals surface area contributed by atoms with Gasteiger partial charge >= 0.3 is 0 Å². The zero-order valence-corrected chi connectivity index (χ0v) is 11.3. The molecule has 7 heteroatoms. The first-order chi connectivity index (χ1) is 10.3. The number of hydrogen-bond acceptors (Lipinski definition) is 5. The molecular weight excluding hydrogens is 268 g/mol. The van der Waals surface area contributed by atoms with Crippen LogP contribution in [0.3, 0.4) is 0 Å². The number of hydrogen-bond donors (Lipinski definition) is 2. The van der Waals surface area contributed by atoms with Crippen LogP contribution in [0.1, 0.15) is 12.8 Å². The number of aromatic amines is 2. The van der Waals surface area contributed by atoms with Gasteiger partial charge in [-0.1, -0.05) is 0 Å². The highest BCUT2D eigenvalue weighted by Gasteiger charge is 2.14. The van der Waals surface area contributed by atoms with Crippen LogP contribution in [0.4, 0.5) is 5.82 Å². The van der Waals surface area contributed by atoms with Gasteiger partial charge < -0.3 is 9.88 Å². The van der Waals surface area contributed by atoms with Gasteiger partial charge in [0.15, 0.2) is 5.65 Å². The number of H-pyrrole nitrogens is 2. The van der Waals surface area contributed by atoms with Gasteiger partial charge in [-0.25, -0.2) is 9.97 Å². The molecule has 4 rings (SSSR count). The van der Waals surface area contributed by atoms with Crippen LogP contribution in [0.15, 0.2) is 29.3 Å². The van der Waals surface area contributed by atoms with Gasteiger partial charge in [-0.3, -0.25) is 9.89 Å². The molecule has 21 heavy (non-hydrogen) atoms. The van der Waals surface area contributed by atoms with Gasteiger partial charge in [0.1, 0.15) is 17.0 Å². The highest BCUT2D eigenvalue weighted by atomic mass is 16.1. The molecule has 2 N–H and O–H groups in total. The highest BCUT2D eigenvalue weighted by Crippen LogP contribution is 2.21. The number of rotatable bonds is 2. The summed E-state index contributed by atoms with van der Waals surface area (Å²) in [6, 6.07) is 3.90. The molecule has 1 aliphatic rings. The molecule has 0 saturated carbocycles. The van der Waals surface area contributed by atoms with Gasteiger partial charge in [-0.15, -0.1) is 0 Å². The molecule has 3 aromatic rings. The summed E-state index contributed by atoms with van der Waals surface area (Å²) in [6.07, 6.45) is 5.65. The lowest BCUT2D eigenvalue weighted by Crippen LogP contribution is -2.18. The van der Waals surface area contributed by atoms with E-state index < -0.39 is 0 Å². The van der Waals surface area contributed by atoms with Crippen LogP contribution in [0.2, 0.25) is 0 Å². The molecule has 0 bridgehead atoms. The van der Waals surface area contributed by atoms with Crippen molar-refractivity contribution in [1.82, 2.24) is 25.1 Å². The predicted octanol–water partition coefficient (Wildman–Crippen LogP) is 1.31. The molecule has 0 atom stereocenters. The standard InChI is InChI=1S/C14H14N6O/c21-14-10-8-16-19-13(10)17-12(18-14)9-3-4-11(15-7-9)20-5-1-2-6-20/h3-4,7-8H,1-2,5-6H2,(H2,16,17,18,19,21). The van der Waals surface area contributed by atoms with Crippen LogP contribution < -0.4 is 10.5 Å². The van der Waals surface area contributed by atoms with Crippen LogP contribution in [0.25, 0.3) is 22.4 Å². The molecule has 0 radical (unpaired) electrons. The molecule has 3 aromatic heterocycles. The third-order valence-electron chi connectivity index (χ3n) is 3.77. The van der Waals surface area contributed by atoms with E-state index in [1.807, 2.05) is 12.1 Å². The van der Waals surface area contributed by atoms with Gasteiger partial charge in [-0.05, 0) is 25.0 Å². The fourth-order valence-electron chi connectivity index (χ4n) is 2.64. The van der Waals surface area contributed by atoms with Crippen LogP contribution in [0.5, 0.6) is 0 Å². The second kappa shape index (κ2) is 4.69. The Kier molecular flexibility index (Phi) is 2.70. The fraction of sp³-hybridized carbons (Fsp3) is 0.286. The van der Waals surface area contributed by atoms with E-state index in [0.29, 0.717) is 16.9 Å². The molecule has 4 heterocycles. The van der Waals surface area contributed by atoms with E-state index in [-0.39, 0.29) is 5.56 Å². The first-order valence-corrected chi connectivity index (χ1v) is 6.96. The van der Waals surface area contributed by atoms with Gasteiger partial charge in [-0.2, -0.15) is 5.10 Å². The van der Waals surface area contributed by atoms with Crippen molar-refractivity contribution in [1.29, 1.82) is 0 Å². The topological polar surface area (TPSA) is 90.6 Å². The Hall–Kier alpha value is -2.70. The molecule has 0 aliphatic carbocycles. The zero-order chi connectivity index (χ0) is 14.2. The first kappa shape index (κ1) is 12.1. The minimum absolute atomic E-state index is 0.202. The van der Waals surface area contributed by atoms with E-state index in [0.717, 1.165) is 24.5 Å². The van der Waals surface area contributed by atoms with E-state index >= 15 is 0 Å². The molecule has 7 nitrogen and oxygen atoms in total. The van der Waals surface area contributed by atoms with Crippen LogP contribution in [0, 0.1) is 0 Å². The lowest BCUT2D eigenvalue weighted by molar-refractivity contribution is 0.937. The lowest BCUT2D eigenvalue weighted by atomic mass is 10.2. The third-order valence-corrected chi connectivity index (χ3v) is 3.77. The molecule has 1 fully saturated rings. The van der Waals surface area contributed by atoms with Crippen LogP contribution in [-0.2, 0) is 0 Å². The molecule has 1 saturated heterocycles. The number of nitrogens with zero attached hydrogens (tertiary/aromatic N) is 4. The van der Waals surface area contributed by atoms with Crippen molar-refractivity contribution < 1.29 is 0 Å². The maximum atomic E-state index is 11.9. The summed E-state index contributed by atoms with van der Waals surface area (Å²) in [5, 5.41) is 7.01. The van der Waals surface area contributed by atoms with Crippen molar-refractivity contribution >= 4 is 16.9 Å². The monoisotopic (exact) mass is 282 g/mol. The summed E-state index contributed by atoms with van der Waals surface area (Å²) < 4.78 is 0. The van der Waals surface area contributed by atoms with Gasteiger partial charge in [0.2, 0.25) is 0 Å². The zero-order valence-electron chi connectivity index (χ0n) is 11.3. The second-order valence-corrected chi connectivity index (χ2v) is 5.15. The van der Waals surface area contributed by atoms with Crippen molar-refractivity contribution in [3.05, 3.63) is 34.9 Å². The summed E-state index contributed by atoms with van der Waals surface area (Å²) in [5.74, 6) is 1.47. The fourth-order valence-corrected chi connectivity index (χ4v) is 2.64. The van der Waals surface area contributed by atoms with Crippen molar-refractivity contribution in [3.63, 3.8) is 0 Å². The Bertz CT molecular complexity index is 829. The SMILES string of the molecule is O=c1[nH]c(-c2ccc(N3CCCC3)nc2)nc2[nH]ncc12. The van der Waals surface area contributed by atoms with Gasteiger partial charge in [0.05, 0.1) is 6.20 Å². The number of pyridine rings is 1. The van der Waals surface area contributed by atoms with E-state index in [1.54, 1.807) is 6.20 Å². The summed E-state index contributed by atoms with van der Waals surface area (Å²) in [4.78, 5) is 25.8. The van der Waals surface area contributed by atoms with Crippen molar-refractivity contribution in [2.45, 2.75) is 12.8 Å². The Morgan fingerprint density at radius 3 is 2.76 bits per heavy atom.